The van der Waals surface area contributed by atoms with Crippen molar-refractivity contribution in [2.24, 2.45) is 0 Å². The first kappa shape index (κ1) is 17.7. The second-order valence-electron chi connectivity index (χ2n) is 5.12. The zero-order valence-electron chi connectivity index (χ0n) is 12.8. The van der Waals surface area contributed by atoms with E-state index in [4.69, 9.17) is 0 Å². The minimum Gasteiger partial charge on any atom is -0.326 e. The molecule has 1 heterocycles. The van der Waals surface area contributed by atoms with Gasteiger partial charge in [-0.05, 0) is 31.2 Å². The molecule has 1 amide bonds. The molecule has 0 bridgehead atoms. The van der Waals surface area contributed by atoms with E-state index >= 15 is 0 Å². The predicted molar refractivity (Wildman–Crippen MR) is 80.4 cm³/mol. The number of carbonyl (C=O) groups excluding carboxylic acids is 1. The fraction of sp³-hybridized carbons (Fsp3) is 0.250. The van der Waals surface area contributed by atoms with Crippen LogP contribution in [0, 0.1) is 12.7 Å². The average Bonchev–Trinajstić information content (AvgIpc) is 2.87. The number of halogens is 4. The topological polar surface area (TPSA) is 38.1 Å². The lowest BCUT2D eigenvalue weighted by molar-refractivity contribution is -0.139. The number of aromatic nitrogens is 2. The van der Waals surface area contributed by atoms with E-state index in [0.29, 0.717) is 16.3 Å². The molecule has 1 aromatic heterocycles. The van der Waals surface area contributed by atoms with Gasteiger partial charge in [-0.1, -0.05) is 6.08 Å². The zero-order valence-corrected chi connectivity index (χ0v) is 12.8. The zero-order chi connectivity index (χ0) is 17.9. The monoisotopic (exact) mass is 341 g/mol. The van der Waals surface area contributed by atoms with Crippen LogP contribution < -0.4 is 0 Å². The minimum absolute atomic E-state index is 0.0467. The SMILES string of the molecule is C=CCN(CC(F)(F)F)C(=O)c1cnn(-c2ccc(F)cc2)c1C. The van der Waals surface area contributed by atoms with Crippen molar-refractivity contribution in [1.82, 2.24) is 14.7 Å². The molecule has 2 aromatic rings. The van der Waals surface area contributed by atoms with E-state index in [0.717, 1.165) is 0 Å². The Morgan fingerprint density at radius 2 is 1.96 bits per heavy atom. The van der Waals surface area contributed by atoms with E-state index in [9.17, 15) is 22.4 Å². The molecule has 0 fully saturated rings. The Labute approximate surface area is 136 Å². The summed E-state index contributed by atoms with van der Waals surface area (Å²) >= 11 is 0. The molecule has 1 aromatic carbocycles. The Morgan fingerprint density at radius 1 is 1.33 bits per heavy atom. The quantitative estimate of drug-likeness (QED) is 0.617. The Balaban J connectivity index is 2.32. The first-order chi connectivity index (χ1) is 11.2. The van der Waals surface area contributed by atoms with E-state index in [-0.39, 0.29) is 12.1 Å². The van der Waals surface area contributed by atoms with Crippen LogP contribution in [-0.2, 0) is 0 Å². The van der Waals surface area contributed by atoms with Crippen LogP contribution in [0.25, 0.3) is 5.69 Å². The molecule has 0 spiro atoms. The number of amides is 1. The molecule has 24 heavy (non-hydrogen) atoms. The molecule has 0 N–H and O–H groups in total. The summed E-state index contributed by atoms with van der Waals surface area (Å²) in [6.45, 7) is 3.32. The number of rotatable bonds is 5. The molecule has 0 aliphatic rings. The van der Waals surface area contributed by atoms with Gasteiger partial charge in [-0.25, -0.2) is 9.07 Å². The van der Waals surface area contributed by atoms with Crippen LogP contribution in [0.3, 0.4) is 0 Å². The summed E-state index contributed by atoms with van der Waals surface area (Å²) in [7, 11) is 0. The largest absolute Gasteiger partial charge is 0.406 e. The molecule has 0 radical (unpaired) electrons. The van der Waals surface area contributed by atoms with E-state index < -0.39 is 24.4 Å². The smallest absolute Gasteiger partial charge is 0.326 e. The molecule has 0 aliphatic heterocycles. The lowest BCUT2D eigenvalue weighted by Crippen LogP contribution is -2.39. The summed E-state index contributed by atoms with van der Waals surface area (Å²) in [5.74, 6) is -1.22. The molecular formula is C16H15F4N3O. The molecule has 0 saturated carbocycles. The summed E-state index contributed by atoms with van der Waals surface area (Å²) in [6, 6.07) is 5.37. The molecule has 0 atom stereocenters. The minimum atomic E-state index is -4.51. The molecule has 0 saturated heterocycles. The van der Waals surface area contributed by atoms with E-state index in [2.05, 4.69) is 11.7 Å². The fourth-order valence-electron chi connectivity index (χ4n) is 2.22. The van der Waals surface area contributed by atoms with Crippen LogP contribution in [-0.4, -0.2) is 39.9 Å². The van der Waals surface area contributed by atoms with Gasteiger partial charge in [0.2, 0.25) is 0 Å². The standard InChI is InChI=1S/C16H15F4N3O/c1-3-8-22(10-16(18,19)20)15(24)14-9-21-23(11(14)2)13-6-4-12(17)5-7-13/h3-7,9H,1,8,10H2,2H3. The highest BCUT2D eigenvalue weighted by Crippen LogP contribution is 2.20. The molecule has 2 rings (SSSR count). The normalized spacial score (nSPS) is 11.4. The van der Waals surface area contributed by atoms with Crippen LogP contribution in [0.1, 0.15) is 16.1 Å². The highest BCUT2D eigenvalue weighted by molar-refractivity contribution is 5.95. The third-order valence-corrected chi connectivity index (χ3v) is 3.32. The molecule has 8 heteroatoms. The first-order valence-corrected chi connectivity index (χ1v) is 7.00. The van der Waals surface area contributed by atoms with E-state index in [1.165, 1.54) is 41.2 Å². The highest BCUT2D eigenvalue weighted by atomic mass is 19.4. The van der Waals surface area contributed by atoms with Crippen LogP contribution in [0.4, 0.5) is 17.6 Å². The van der Waals surface area contributed by atoms with Gasteiger partial charge in [0, 0.05) is 6.54 Å². The summed E-state index contributed by atoms with van der Waals surface area (Å²) < 4.78 is 52.2. The average molecular weight is 341 g/mol. The van der Waals surface area contributed by atoms with Crippen LogP contribution in [0.5, 0.6) is 0 Å². The van der Waals surface area contributed by atoms with E-state index in [1.54, 1.807) is 6.92 Å². The van der Waals surface area contributed by atoms with Gasteiger partial charge in [-0.3, -0.25) is 4.79 Å². The maximum absolute atomic E-state index is 13.0. The second-order valence-corrected chi connectivity index (χ2v) is 5.12. The van der Waals surface area contributed by atoms with Crippen molar-refractivity contribution in [2.45, 2.75) is 13.1 Å². The summed E-state index contributed by atoms with van der Waals surface area (Å²) in [5, 5.41) is 4.02. The van der Waals surface area contributed by atoms with Gasteiger partial charge >= 0.3 is 6.18 Å². The van der Waals surface area contributed by atoms with E-state index in [1.807, 2.05) is 0 Å². The van der Waals surface area contributed by atoms with Crippen molar-refractivity contribution in [2.75, 3.05) is 13.1 Å². The maximum Gasteiger partial charge on any atom is 0.406 e. The number of carbonyl (C=O) groups is 1. The second kappa shape index (κ2) is 6.86. The van der Waals surface area contributed by atoms with Crippen molar-refractivity contribution in [3.8, 4) is 5.69 Å². The van der Waals surface area contributed by atoms with Crippen molar-refractivity contribution < 1.29 is 22.4 Å². The van der Waals surface area contributed by atoms with Crippen molar-refractivity contribution in [3.63, 3.8) is 0 Å². The summed E-state index contributed by atoms with van der Waals surface area (Å²) in [5.41, 5.74) is 0.910. The molecule has 4 nitrogen and oxygen atoms in total. The summed E-state index contributed by atoms with van der Waals surface area (Å²) in [4.78, 5) is 13.0. The Morgan fingerprint density at radius 3 is 2.50 bits per heavy atom. The summed E-state index contributed by atoms with van der Waals surface area (Å²) in [6.07, 6.45) is -2.09. The van der Waals surface area contributed by atoms with Gasteiger partial charge in [0.1, 0.15) is 12.4 Å². The highest BCUT2D eigenvalue weighted by Gasteiger charge is 2.33. The third-order valence-electron chi connectivity index (χ3n) is 3.32. The number of hydrogen-bond donors (Lipinski definition) is 0. The van der Waals surface area contributed by atoms with Gasteiger partial charge in [-0.2, -0.15) is 18.3 Å². The number of alkyl halides is 3. The molecule has 0 unspecified atom stereocenters. The Bertz CT molecular complexity index is 735. The Hall–Kier alpha value is -2.64. The molecule has 128 valence electrons. The van der Waals surface area contributed by atoms with Gasteiger partial charge in [-0.15, -0.1) is 6.58 Å². The van der Waals surface area contributed by atoms with Gasteiger partial charge < -0.3 is 4.90 Å². The van der Waals surface area contributed by atoms with Gasteiger partial charge in [0.15, 0.2) is 0 Å². The lowest BCUT2D eigenvalue weighted by atomic mass is 10.2. The number of nitrogens with zero attached hydrogens (tertiary/aromatic N) is 3. The Kier molecular flexibility index (Phi) is 5.06. The van der Waals surface area contributed by atoms with Crippen molar-refractivity contribution in [1.29, 1.82) is 0 Å². The van der Waals surface area contributed by atoms with Crippen molar-refractivity contribution in [3.05, 3.63) is 60.2 Å². The predicted octanol–water partition coefficient (Wildman–Crippen LogP) is 3.51. The number of hydrogen-bond acceptors (Lipinski definition) is 2. The lowest BCUT2D eigenvalue weighted by Gasteiger charge is -2.22. The maximum atomic E-state index is 13.0. The molecule has 0 aliphatic carbocycles. The van der Waals surface area contributed by atoms with Crippen LogP contribution in [0.15, 0.2) is 43.1 Å². The van der Waals surface area contributed by atoms with Gasteiger partial charge in [0.25, 0.3) is 5.91 Å². The third kappa shape index (κ3) is 4.01. The van der Waals surface area contributed by atoms with Crippen molar-refractivity contribution >= 4 is 5.91 Å². The first-order valence-electron chi connectivity index (χ1n) is 7.00. The fourth-order valence-corrected chi connectivity index (χ4v) is 2.22. The molecular weight excluding hydrogens is 326 g/mol. The van der Waals surface area contributed by atoms with Crippen LogP contribution in [0.2, 0.25) is 0 Å². The van der Waals surface area contributed by atoms with Gasteiger partial charge in [0.05, 0.1) is 23.1 Å². The van der Waals surface area contributed by atoms with Crippen LogP contribution >= 0.6 is 0 Å². The number of benzene rings is 1.